The van der Waals surface area contributed by atoms with Crippen molar-refractivity contribution in [1.82, 2.24) is 20.3 Å². The van der Waals surface area contributed by atoms with Gasteiger partial charge in [0.15, 0.2) is 4.67 Å². The van der Waals surface area contributed by atoms with Gasteiger partial charge in [-0.25, -0.2) is 0 Å². The van der Waals surface area contributed by atoms with Crippen molar-refractivity contribution in [2.24, 2.45) is 0 Å². The summed E-state index contributed by atoms with van der Waals surface area (Å²) in [7, 11) is 0. The highest BCUT2D eigenvalue weighted by Crippen LogP contribution is 2.30. The number of furan rings is 1. The van der Waals surface area contributed by atoms with Crippen LogP contribution in [0.3, 0.4) is 0 Å². The van der Waals surface area contributed by atoms with Crippen LogP contribution in [0.4, 0.5) is 0 Å². The molecule has 0 unspecified atom stereocenters. The minimum Gasteiger partial charge on any atom is -0.457 e. The molecular formula is C12H13BrN4O3. The van der Waals surface area contributed by atoms with Crippen LogP contribution in [-0.2, 0) is 5.60 Å². The van der Waals surface area contributed by atoms with E-state index in [0.29, 0.717) is 35.3 Å². The number of carbonyl (C=O) groups excluding carboxylic acids is 1. The third-order valence-corrected chi connectivity index (χ3v) is 3.88. The minimum atomic E-state index is -1.15. The lowest BCUT2D eigenvalue weighted by atomic mass is 9.90. The van der Waals surface area contributed by atoms with E-state index < -0.39 is 5.60 Å². The number of aromatic nitrogens is 3. The summed E-state index contributed by atoms with van der Waals surface area (Å²) in [5, 5.41) is 20.8. The third-order valence-electron chi connectivity index (χ3n) is 3.46. The van der Waals surface area contributed by atoms with Crippen LogP contribution in [-0.4, -0.2) is 44.4 Å². The Morgan fingerprint density at radius 2 is 2.45 bits per heavy atom. The van der Waals surface area contributed by atoms with Crippen LogP contribution in [0, 0.1) is 0 Å². The van der Waals surface area contributed by atoms with Crippen molar-refractivity contribution in [2.75, 3.05) is 13.1 Å². The zero-order valence-corrected chi connectivity index (χ0v) is 12.1. The minimum absolute atomic E-state index is 0.166. The first kappa shape index (κ1) is 13.3. The standard InChI is InChI=1S/C12H13BrN4O3/c13-10-4-8(6-20-10)11(18)17-3-1-2-12(19,7-17)9-5-14-16-15-9/h4-6,19H,1-3,7H2,(H,14,15,16)/t12-/m1/s1. The van der Waals surface area contributed by atoms with Crippen LogP contribution in [0.15, 0.2) is 27.6 Å². The van der Waals surface area contributed by atoms with Crippen LogP contribution < -0.4 is 0 Å². The molecule has 1 atom stereocenters. The number of β-amino-alcohol motifs (C(OH)–C–C–N with tert-alkyl or cyclic N) is 1. The molecule has 2 aromatic rings. The number of hydrogen-bond donors (Lipinski definition) is 2. The second-order valence-corrected chi connectivity index (χ2v) is 5.64. The number of rotatable bonds is 2. The Balaban J connectivity index is 1.80. The molecule has 2 N–H and O–H groups in total. The van der Waals surface area contributed by atoms with E-state index in [1.54, 1.807) is 11.0 Å². The number of likely N-dealkylation sites (tertiary alicyclic amines) is 1. The number of aromatic amines is 1. The Morgan fingerprint density at radius 1 is 1.60 bits per heavy atom. The van der Waals surface area contributed by atoms with Gasteiger partial charge in [0.05, 0.1) is 18.3 Å². The lowest BCUT2D eigenvalue weighted by Crippen LogP contribution is -2.48. The van der Waals surface area contributed by atoms with Crippen molar-refractivity contribution in [3.8, 4) is 0 Å². The average molecular weight is 341 g/mol. The molecule has 0 saturated carbocycles. The monoisotopic (exact) mass is 340 g/mol. The van der Waals surface area contributed by atoms with Gasteiger partial charge in [-0.2, -0.15) is 15.4 Å². The van der Waals surface area contributed by atoms with Crippen molar-refractivity contribution in [1.29, 1.82) is 0 Å². The molecule has 1 fully saturated rings. The van der Waals surface area contributed by atoms with Crippen LogP contribution in [0.5, 0.6) is 0 Å². The predicted molar refractivity (Wildman–Crippen MR) is 71.8 cm³/mol. The van der Waals surface area contributed by atoms with Gasteiger partial charge in [-0.3, -0.25) is 4.79 Å². The van der Waals surface area contributed by atoms with Crippen molar-refractivity contribution < 1.29 is 14.3 Å². The molecule has 3 rings (SSSR count). The Bertz CT molecular complexity index is 612. The van der Waals surface area contributed by atoms with Gasteiger partial charge < -0.3 is 14.4 Å². The molecular weight excluding hydrogens is 328 g/mol. The van der Waals surface area contributed by atoms with E-state index in [-0.39, 0.29) is 12.5 Å². The smallest absolute Gasteiger partial charge is 0.257 e. The first-order valence-corrected chi connectivity index (χ1v) is 7.00. The van der Waals surface area contributed by atoms with E-state index in [9.17, 15) is 9.90 Å². The van der Waals surface area contributed by atoms with Gasteiger partial charge in [-0.1, -0.05) is 0 Å². The van der Waals surface area contributed by atoms with Crippen LogP contribution in [0.25, 0.3) is 0 Å². The summed E-state index contributed by atoms with van der Waals surface area (Å²) in [6.45, 7) is 0.795. The summed E-state index contributed by atoms with van der Waals surface area (Å²) < 4.78 is 5.58. The second-order valence-electron chi connectivity index (χ2n) is 4.86. The van der Waals surface area contributed by atoms with Crippen molar-refractivity contribution in [3.63, 3.8) is 0 Å². The molecule has 1 aliphatic rings. The summed E-state index contributed by atoms with van der Waals surface area (Å²) in [5.74, 6) is -0.166. The summed E-state index contributed by atoms with van der Waals surface area (Å²) >= 11 is 3.17. The van der Waals surface area contributed by atoms with Gasteiger partial charge in [-0.05, 0) is 28.8 Å². The molecule has 0 spiro atoms. The molecule has 0 bridgehead atoms. The van der Waals surface area contributed by atoms with Crippen molar-refractivity contribution >= 4 is 21.8 Å². The first-order valence-electron chi connectivity index (χ1n) is 6.20. The predicted octanol–water partition coefficient (Wildman–Crippen LogP) is 1.28. The molecule has 0 aliphatic carbocycles. The van der Waals surface area contributed by atoms with Gasteiger partial charge in [-0.15, -0.1) is 0 Å². The average Bonchev–Trinajstić information content (AvgIpc) is 3.09. The van der Waals surface area contributed by atoms with E-state index >= 15 is 0 Å². The Labute approximate surface area is 123 Å². The van der Waals surface area contributed by atoms with Gasteiger partial charge in [0.1, 0.15) is 17.6 Å². The maximum atomic E-state index is 12.4. The molecule has 1 amide bonds. The number of halogens is 1. The number of hydrogen-bond acceptors (Lipinski definition) is 5. The number of aliphatic hydroxyl groups is 1. The molecule has 0 aromatic carbocycles. The highest BCUT2D eigenvalue weighted by atomic mass is 79.9. The lowest BCUT2D eigenvalue weighted by molar-refractivity contribution is -0.0320. The normalized spacial score (nSPS) is 23.0. The summed E-state index contributed by atoms with van der Waals surface area (Å²) in [5.41, 5.74) is -0.230. The fourth-order valence-electron chi connectivity index (χ4n) is 2.45. The van der Waals surface area contributed by atoms with Gasteiger partial charge in [0.25, 0.3) is 5.91 Å². The van der Waals surface area contributed by atoms with E-state index in [1.165, 1.54) is 12.5 Å². The second kappa shape index (κ2) is 5.02. The molecule has 20 heavy (non-hydrogen) atoms. The maximum absolute atomic E-state index is 12.4. The summed E-state index contributed by atoms with van der Waals surface area (Å²) in [4.78, 5) is 14.0. The van der Waals surface area contributed by atoms with Crippen molar-refractivity contribution in [2.45, 2.75) is 18.4 Å². The molecule has 8 heteroatoms. The van der Waals surface area contributed by atoms with Crippen LogP contribution in [0.1, 0.15) is 28.9 Å². The molecule has 3 heterocycles. The number of nitrogens with zero attached hydrogens (tertiary/aromatic N) is 3. The Hall–Kier alpha value is -1.67. The van der Waals surface area contributed by atoms with Gasteiger partial charge in [0.2, 0.25) is 0 Å². The Morgan fingerprint density at radius 3 is 3.10 bits per heavy atom. The van der Waals surface area contributed by atoms with E-state index in [0.717, 1.165) is 0 Å². The lowest BCUT2D eigenvalue weighted by Gasteiger charge is -2.37. The van der Waals surface area contributed by atoms with Gasteiger partial charge >= 0.3 is 0 Å². The van der Waals surface area contributed by atoms with Gasteiger partial charge in [0, 0.05) is 12.6 Å². The number of carbonyl (C=O) groups is 1. The SMILES string of the molecule is O=C(c1coc(Br)c1)N1CCC[C@](O)(c2cn[nH]n2)C1. The first-order chi connectivity index (χ1) is 9.58. The summed E-state index contributed by atoms with van der Waals surface area (Å²) in [6, 6.07) is 1.62. The highest BCUT2D eigenvalue weighted by Gasteiger charge is 2.39. The number of H-pyrrole nitrogens is 1. The number of nitrogens with one attached hydrogen (secondary N) is 1. The topological polar surface area (TPSA) is 95.3 Å². The Kier molecular flexibility index (Phi) is 3.35. The molecule has 0 radical (unpaired) electrons. The quantitative estimate of drug-likeness (QED) is 0.858. The fourth-order valence-corrected chi connectivity index (χ4v) is 2.79. The van der Waals surface area contributed by atoms with Crippen LogP contribution >= 0.6 is 15.9 Å². The third kappa shape index (κ3) is 2.36. The zero-order valence-electron chi connectivity index (χ0n) is 10.5. The fraction of sp³-hybridized carbons (Fsp3) is 0.417. The number of piperidine rings is 1. The van der Waals surface area contributed by atoms with Crippen LogP contribution in [0.2, 0.25) is 0 Å². The van der Waals surface area contributed by atoms with Crippen molar-refractivity contribution in [3.05, 3.63) is 34.5 Å². The van der Waals surface area contributed by atoms with E-state index in [4.69, 9.17) is 4.42 Å². The molecule has 7 nitrogen and oxygen atoms in total. The summed E-state index contributed by atoms with van der Waals surface area (Å²) in [6.07, 6.45) is 4.14. The molecule has 2 aromatic heterocycles. The maximum Gasteiger partial charge on any atom is 0.257 e. The zero-order chi connectivity index (χ0) is 14.2. The largest absolute Gasteiger partial charge is 0.457 e. The number of amides is 1. The van der Waals surface area contributed by atoms with E-state index in [1.807, 2.05) is 0 Å². The highest BCUT2D eigenvalue weighted by molar-refractivity contribution is 9.10. The van der Waals surface area contributed by atoms with E-state index in [2.05, 4.69) is 31.3 Å². The molecule has 1 aliphatic heterocycles. The molecule has 106 valence electrons. The molecule has 1 saturated heterocycles.